The van der Waals surface area contributed by atoms with Crippen LogP contribution >= 0.6 is 0 Å². The van der Waals surface area contributed by atoms with Crippen LogP contribution < -0.4 is 5.73 Å². The molecular weight excluding hydrogens is 220 g/mol. The quantitative estimate of drug-likeness (QED) is 0.767. The molecule has 17 heavy (non-hydrogen) atoms. The Morgan fingerprint density at radius 3 is 2.76 bits per heavy atom. The van der Waals surface area contributed by atoms with Crippen LogP contribution in [0.2, 0.25) is 0 Å². The zero-order chi connectivity index (χ0) is 12.4. The Morgan fingerprint density at radius 2 is 2.29 bits per heavy atom. The fourth-order valence-electron chi connectivity index (χ4n) is 1.70. The Bertz CT molecular complexity index is 407. The number of Topliss-reactive ketones (excluding diaryl/α,β-unsaturated/α-hetero) is 1. The SMILES string of the molecule is CC(N)C(=O)N(CC(=O)c1ccco1)C1CC1. The molecule has 0 radical (unpaired) electrons. The maximum absolute atomic E-state index is 11.8. The van der Waals surface area contributed by atoms with E-state index in [1.54, 1.807) is 24.0 Å². The molecular formula is C12H16N2O3. The van der Waals surface area contributed by atoms with Gasteiger partial charge in [0.1, 0.15) is 0 Å². The smallest absolute Gasteiger partial charge is 0.239 e. The van der Waals surface area contributed by atoms with E-state index in [1.165, 1.54) is 6.26 Å². The van der Waals surface area contributed by atoms with E-state index in [4.69, 9.17) is 10.2 Å². The van der Waals surface area contributed by atoms with Crippen molar-refractivity contribution in [2.24, 2.45) is 5.73 Å². The van der Waals surface area contributed by atoms with Gasteiger partial charge in [0, 0.05) is 6.04 Å². The summed E-state index contributed by atoms with van der Waals surface area (Å²) in [5, 5.41) is 0. The van der Waals surface area contributed by atoms with Crippen LogP contribution in [0.25, 0.3) is 0 Å². The van der Waals surface area contributed by atoms with E-state index in [2.05, 4.69) is 0 Å². The second-order valence-electron chi connectivity index (χ2n) is 4.39. The molecule has 0 aliphatic heterocycles. The van der Waals surface area contributed by atoms with Crippen molar-refractivity contribution in [3.63, 3.8) is 0 Å². The minimum Gasteiger partial charge on any atom is -0.461 e. The summed E-state index contributed by atoms with van der Waals surface area (Å²) in [4.78, 5) is 25.3. The van der Waals surface area contributed by atoms with E-state index in [0.717, 1.165) is 12.8 Å². The van der Waals surface area contributed by atoms with Gasteiger partial charge >= 0.3 is 0 Å². The summed E-state index contributed by atoms with van der Waals surface area (Å²) in [6.45, 7) is 1.69. The molecule has 1 unspecified atom stereocenters. The third-order valence-electron chi connectivity index (χ3n) is 2.77. The van der Waals surface area contributed by atoms with Crippen LogP contribution in [0.4, 0.5) is 0 Å². The summed E-state index contributed by atoms with van der Waals surface area (Å²) in [6, 6.07) is 2.86. The van der Waals surface area contributed by atoms with E-state index in [1.807, 2.05) is 0 Å². The highest BCUT2D eigenvalue weighted by atomic mass is 16.3. The molecule has 2 rings (SSSR count). The minimum atomic E-state index is -0.569. The van der Waals surface area contributed by atoms with Gasteiger partial charge in [-0.2, -0.15) is 0 Å². The molecule has 92 valence electrons. The van der Waals surface area contributed by atoms with E-state index >= 15 is 0 Å². The molecule has 1 aliphatic rings. The molecule has 1 aliphatic carbocycles. The van der Waals surface area contributed by atoms with Gasteiger partial charge in [0.25, 0.3) is 0 Å². The van der Waals surface area contributed by atoms with Gasteiger partial charge in [-0.25, -0.2) is 0 Å². The Morgan fingerprint density at radius 1 is 1.59 bits per heavy atom. The first-order valence-electron chi connectivity index (χ1n) is 5.72. The van der Waals surface area contributed by atoms with Crippen molar-refractivity contribution in [3.8, 4) is 0 Å². The molecule has 0 bridgehead atoms. The number of carbonyl (C=O) groups is 2. The lowest BCUT2D eigenvalue weighted by molar-refractivity contribution is -0.132. The van der Waals surface area contributed by atoms with Crippen LogP contribution in [0, 0.1) is 0 Å². The zero-order valence-corrected chi connectivity index (χ0v) is 9.76. The number of ketones is 1. The van der Waals surface area contributed by atoms with Crippen molar-refractivity contribution < 1.29 is 14.0 Å². The number of amides is 1. The van der Waals surface area contributed by atoms with Crippen molar-refractivity contribution in [1.29, 1.82) is 0 Å². The lowest BCUT2D eigenvalue weighted by Crippen LogP contribution is -2.45. The maximum Gasteiger partial charge on any atom is 0.239 e. The van der Waals surface area contributed by atoms with Crippen molar-refractivity contribution in [2.75, 3.05) is 6.54 Å². The van der Waals surface area contributed by atoms with E-state index in [0.29, 0.717) is 0 Å². The zero-order valence-electron chi connectivity index (χ0n) is 9.76. The van der Waals surface area contributed by atoms with Gasteiger partial charge in [-0.3, -0.25) is 9.59 Å². The molecule has 2 N–H and O–H groups in total. The highest BCUT2D eigenvalue weighted by molar-refractivity contribution is 5.97. The normalized spacial score (nSPS) is 16.6. The Hall–Kier alpha value is -1.62. The van der Waals surface area contributed by atoms with Gasteiger partial charge in [-0.05, 0) is 31.9 Å². The Balaban J connectivity index is 2.03. The third-order valence-corrected chi connectivity index (χ3v) is 2.77. The predicted octanol–water partition coefficient (Wildman–Crippen LogP) is 0.800. The number of carbonyl (C=O) groups excluding carboxylic acids is 2. The average Bonchev–Trinajstić information content (AvgIpc) is 2.98. The number of rotatable bonds is 5. The predicted molar refractivity (Wildman–Crippen MR) is 61.4 cm³/mol. The molecule has 5 heteroatoms. The van der Waals surface area contributed by atoms with Crippen molar-refractivity contribution in [1.82, 2.24) is 4.90 Å². The standard InChI is InChI=1S/C12H16N2O3/c1-8(13)12(16)14(9-4-5-9)7-10(15)11-3-2-6-17-11/h2-3,6,8-9H,4-5,7,13H2,1H3. The van der Waals surface area contributed by atoms with Gasteiger partial charge in [0.15, 0.2) is 5.76 Å². The van der Waals surface area contributed by atoms with Gasteiger partial charge in [0.2, 0.25) is 11.7 Å². The lowest BCUT2D eigenvalue weighted by atomic mass is 10.2. The van der Waals surface area contributed by atoms with Crippen LogP contribution in [-0.2, 0) is 4.79 Å². The fraction of sp³-hybridized carbons (Fsp3) is 0.500. The maximum atomic E-state index is 11.8. The molecule has 1 saturated carbocycles. The largest absolute Gasteiger partial charge is 0.461 e. The first-order valence-corrected chi connectivity index (χ1v) is 5.72. The highest BCUT2D eigenvalue weighted by Gasteiger charge is 2.35. The molecule has 1 atom stereocenters. The second kappa shape index (κ2) is 4.71. The number of nitrogens with zero attached hydrogens (tertiary/aromatic N) is 1. The Labute approximate surface area is 99.6 Å². The van der Waals surface area contributed by atoms with Crippen LogP contribution in [0.15, 0.2) is 22.8 Å². The molecule has 1 fully saturated rings. The summed E-state index contributed by atoms with van der Waals surface area (Å²) < 4.78 is 5.02. The lowest BCUT2D eigenvalue weighted by Gasteiger charge is -2.23. The van der Waals surface area contributed by atoms with E-state index in [9.17, 15) is 9.59 Å². The Kier molecular flexibility index (Phi) is 3.28. The average molecular weight is 236 g/mol. The summed E-state index contributed by atoms with van der Waals surface area (Å²) in [7, 11) is 0. The van der Waals surface area contributed by atoms with Gasteiger partial charge in [-0.1, -0.05) is 0 Å². The summed E-state index contributed by atoms with van der Waals surface area (Å²) in [6.07, 6.45) is 3.34. The first kappa shape index (κ1) is 11.9. The number of furan rings is 1. The fourth-order valence-corrected chi connectivity index (χ4v) is 1.70. The minimum absolute atomic E-state index is 0.0541. The number of nitrogens with two attached hydrogens (primary N) is 1. The highest BCUT2D eigenvalue weighted by Crippen LogP contribution is 2.27. The van der Waals surface area contributed by atoms with E-state index in [-0.39, 0.29) is 30.0 Å². The molecule has 0 aromatic carbocycles. The van der Waals surface area contributed by atoms with Crippen LogP contribution in [0.5, 0.6) is 0 Å². The van der Waals surface area contributed by atoms with Gasteiger partial charge in [0.05, 0.1) is 18.8 Å². The summed E-state index contributed by atoms with van der Waals surface area (Å²) >= 11 is 0. The topological polar surface area (TPSA) is 76.5 Å². The van der Waals surface area contributed by atoms with Gasteiger partial charge in [-0.15, -0.1) is 0 Å². The van der Waals surface area contributed by atoms with Crippen LogP contribution in [0.1, 0.15) is 30.3 Å². The van der Waals surface area contributed by atoms with Crippen LogP contribution in [0.3, 0.4) is 0 Å². The van der Waals surface area contributed by atoms with E-state index < -0.39 is 6.04 Å². The third kappa shape index (κ3) is 2.74. The number of hydrogen-bond acceptors (Lipinski definition) is 4. The molecule has 5 nitrogen and oxygen atoms in total. The molecule has 1 amide bonds. The number of hydrogen-bond donors (Lipinski definition) is 1. The van der Waals surface area contributed by atoms with Crippen molar-refractivity contribution in [2.45, 2.75) is 31.8 Å². The first-order chi connectivity index (χ1) is 8.09. The van der Waals surface area contributed by atoms with Gasteiger partial charge < -0.3 is 15.1 Å². The molecule has 1 aromatic rings. The molecule has 0 saturated heterocycles. The van der Waals surface area contributed by atoms with Crippen molar-refractivity contribution in [3.05, 3.63) is 24.2 Å². The monoisotopic (exact) mass is 236 g/mol. The summed E-state index contributed by atoms with van der Waals surface area (Å²) in [5.74, 6) is -0.0727. The molecule has 1 heterocycles. The molecule has 0 spiro atoms. The summed E-state index contributed by atoms with van der Waals surface area (Å²) in [5.41, 5.74) is 5.57. The molecule has 1 aromatic heterocycles. The van der Waals surface area contributed by atoms with Crippen LogP contribution in [-0.4, -0.2) is 35.2 Å². The van der Waals surface area contributed by atoms with Crippen molar-refractivity contribution >= 4 is 11.7 Å². The second-order valence-corrected chi connectivity index (χ2v) is 4.39.